The van der Waals surface area contributed by atoms with Crippen LogP contribution in [0.2, 0.25) is 0 Å². The Labute approximate surface area is 165 Å². The molecule has 28 heavy (non-hydrogen) atoms. The molecule has 1 fully saturated rings. The maximum Gasteiger partial charge on any atom is 0.338 e. The van der Waals surface area contributed by atoms with E-state index in [0.29, 0.717) is 17.7 Å². The molecule has 1 heterocycles. The van der Waals surface area contributed by atoms with Gasteiger partial charge in [0.15, 0.2) is 16.4 Å². The highest BCUT2D eigenvalue weighted by molar-refractivity contribution is 7.91. The zero-order valence-corrected chi connectivity index (χ0v) is 16.5. The van der Waals surface area contributed by atoms with Gasteiger partial charge in [-0.3, -0.25) is 4.79 Å². The number of hydrogen-bond donors (Lipinski definition) is 0. The third kappa shape index (κ3) is 4.78. The van der Waals surface area contributed by atoms with Crippen molar-refractivity contribution in [3.8, 4) is 0 Å². The van der Waals surface area contributed by atoms with E-state index >= 15 is 0 Å². The Bertz CT molecular complexity index is 939. The van der Waals surface area contributed by atoms with Crippen LogP contribution in [0.1, 0.15) is 29.3 Å². The van der Waals surface area contributed by atoms with E-state index in [-0.39, 0.29) is 11.5 Å². The predicted molar refractivity (Wildman–Crippen MR) is 107 cm³/mol. The van der Waals surface area contributed by atoms with E-state index in [1.165, 1.54) is 4.90 Å². The number of esters is 1. The third-order valence-corrected chi connectivity index (χ3v) is 6.55. The Balaban J connectivity index is 1.71. The van der Waals surface area contributed by atoms with E-state index in [0.717, 1.165) is 12.0 Å². The summed E-state index contributed by atoms with van der Waals surface area (Å²) >= 11 is 0. The minimum atomic E-state index is -3.16. The molecule has 148 valence electrons. The van der Waals surface area contributed by atoms with Gasteiger partial charge in [0.2, 0.25) is 0 Å². The summed E-state index contributed by atoms with van der Waals surface area (Å²) in [6, 6.07) is 15.4. The van der Waals surface area contributed by atoms with Gasteiger partial charge in [0.1, 0.15) is 0 Å². The second-order valence-electron chi connectivity index (χ2n) is 6.78. The molecule has 0 N–H and O–H groups in total. The lowest BCUT2D eigenvalue weighted by Gasteiger charge is -2.28. The van der Waals surface area contributed by atoms with Crippen LogP contribution in [0.15, 0.2) is 54.6 Å². The molecule has 2 aromatic carbocycles. The first kappa shape index (κ1) is 20.1. The Morgan fingerprint density at radius 2 is 1.75 bits per heavy atom. The fourth-order valence-electron chi connectivity index (χ4n) is 3.28. The van der Waals surface area contributed by atoms with Crippen molar-refractivity contribution in [1.82, 2.24) is 0 Å². The molecule has 1 atom stereocenters. The van der Waals surface area contributed by atoms with E-state index in [9.17, 15) is 18.0 Å². The molecule has 1 saturated heterocycles. The lowest BCUT2D eigenvalue weighted by Crippen LogP contribution is -2.43. The quantitative estimate of drug-likeness (QED) is 0.695. The zero-order valence-electron chi connectivity index (χ0n) is 15.7. The average molecular weight is 401 g/mol. The number of sulfone groups is 1. The van der Waals surface area contributed by atoms with Crippen LogP contribution in [0.3, 0.4) is 0 Å². The van der Waals surface area contributed by atoms with Gasteiger partial charge in [0.05, 0.1) is 23.1 Å². The number of nitrogens with zero attached hydrogens (tertiary/aromatic N) is 1. The van der Waals surface area contributed by atoms with E-state index in [1.807, 2.05) is 25.1 Å². The lowest BCUT2D eigenvalue weighted by atomic mass is 10.1. The van der Waals surface area contributed by atoms with Gasteiger partial charge in [-0.1, -0.05) is 37.3 Å². The first-order valence-electron chi connectivity index (χ1n) is 9.23. The van der Waals surface area contributed by atoms with Crippen molar-refractivity contribution in [3.05, 3.63) is 65.7 Å². The highest BCUT2D eigenvalue weighted by atomic mass is 32.2. The second-order valence-corrected chi connectivity index (χ2v) is 9.01. The van der Waals surface area contributed by atoms with Crippen LogP contribution < -0.4 is 4.90 Å². The van der Waals surface area contributed by atoms with Gasteiger partial charge in [0, 0.05) is 5.69 Å². The summed E-state index contributed by atoms with van der Waals surface area (Å²) in [6.45, 7) is 1.58. The predicted octanol–water partition coefficient (Wildman–Crippen LogP) is 2.63. The molecule has 0 radical (unpaired) electrons. The Morgan fingerprint density at radius 1 is 1.07 bits per heavy atom. The molecule has 1 aliphatic heterocycles. The van der Waals surface area contributed by atoms with Gasteiger partial charge >= 0.3 is 5.97 Å². The molecule has 0 bridgehead atoms. The molecule has 1 aliphatic rings. The van der Waals surface area contributed by atoms with E-state index in [4.69, 9.17) is 4.74 Å². The van der Waals surface area contributed by atoms with Crippen LogP contribution >= 0.6 is 0 Å². The van der Waals surface area contributed by atoms with Crippen LogP contribution in [0.25, 0.3) is 0 Å². The summed E-state index contributed by atoms with van der Waals surface area (Å²) in [5.41, 5.74) is 2.07. The molecule has 2 aromatic rings. The molecule has 0 aliphatic carbocycles. The largest absolute Gasteiger partial charge is 0.452 e. The highest BCUT2D eigenvalue weighted by Crippen LogP contribution is 2.24. The zero-order chi connectivity index (χ0) is 20.1. The summed E-state index contributed by atoms with van der Waals surface area (Å²) < 4.78 is 29.0. The van der Waals surface area contributed by atoms with Gasteiger partial charge in [-0.25, -0.2) is 13.2 Å². The fourth-order valence-corrected chi connectivity index (χ4v) is 4.98. The number of carbonyl (C=O) groups excluding carboxylic acids is 2. The number of aryl methyl sites for hydroxylation is 1. The standard InChI is InChI=1S/C21H23NO5S/c1-2-16-8-10-17(11-9-16)21(24)27-14-20(23)22(18-6-4-3-5-7-18)19-12-13-28(25,26)15-19/h3-11,19H,2,12-15H2,1H3/t19-/m0/s1. The minimum absolute atomic E-state index is 0.0534. The second kappa shape index (κ2) is 8.56. The van der Waals surface area contributed by atoms with Crippen molar-refractivity contribution in [2.75, 3.05) is 23.0 Å². The molecule has 3 rings (SSSR count). The van der Waals surface area contributed by atoms with Crippen LogP contribution in [0.4, 0.5) is 5.69 Å². The molecule has 7 heteroatoms. The number of ether oxygens (including phenoxy) is 1. The Morgan fingerprint density at radius 3 is 2.32 bits per heavy atom. The van der Waals surface area contributed by atoms with Gasteiger partial charge < -0.3 is 9.64 Å². The number of hydrogen-bond acceptors (Lipinski definition) is 5. The molecule has 0 unspecified atom stereocenters. The first-order chi connectivity index (χ1) is 13.4. The van der Waals surface area contributed by atoms with Crippen LogP contribution in [0.5, 0.6) is 0 Å². The van der Waals surface area contributed by atoms with Gasteiger partial charge in [-0.2, -0.15) is 0 Å². The number of carbonyl (C=O) groups is 2. The molecular weight excluding hydrogens is 378 g/mol. The third-order valence-electron chi connectivity index (χ3n) is 4.80. The van der Waals surface area contributed by atoms with E-state index in [1.54, 1.807) is 36.4 Å². The lowest BCUT2D eigenvalue weighted by molar-refractivity contribution is -0.122. The van der Waals surface area contributed by atoms with Crippen LogP contribution in [-0.2, 0) is 25.8 Å². The number of rotatable bonds is 6. The first-order valence-corrected chi connectivity index (χ1v) is 11.1. The molecule has 6 nitrogen and oxygen atoms in total. The Hall–Kier alpha value is -2.67. The highest BCUT2D eigenvalue weighted by Gasteiger charge is 2.35. The number of benzene rings is 2. The summed E-state index contributed by atoms with van der Waals surface area (Å²) in [7, 11) is -3.16. The maximum absolute atomic E-state index is 12.8. The smallest absolute Gasteiger partial charge is 0.338 e. The molecule has 0 aromatic heterocycles. The van der Waals surface area contributed by atoms with E-state index in [2.05, 4.69) is 0 Å². The van der Waals surface area contributed by atoms with Gasteiger partial charge in [-0.05, 0) is 42.7 Å². The summed E-state index contributed by atoms with van der Waals surface area (Å²) in [5, 5.41) is 0. The van der Waals surface area contributed by atoms with Gasteiger partial charge in [0.25, 0.3) is 5.91 Å². The van der Waals surface area contributed by atoms with E-state index < -0.39 is 34.4 Å². The van der Waals surface area contributed by atoms with Crippen molar-refractivity contribution in [2.24, 2.45) is 0 Å². The molecule has 0 spiro atoms. The number of amides is 1. The monoisotopic (exact) mass is 401 g/mol. The number of para-hydroxylation sites is 1. The summed E-state index contributed by atoms with van der Waals surface area (Å²) in [6.07, 6.45) is 1.24. The topological polar surface area (TPSA) is 80.8 Å². The SMILES string of the molecule is CCc1ccc(C(=O)OCC(=O)N(c2ccccc2)[C@H]2CCS(=O)(=O)C2)cc1. The summed E-state index contributed by atoms with van der Waals surface area (Å²) in [5.74, 6) is -1.05. The fraction of sp³-hybridized carbons (Fsp3) is 0.333. The molecule has 0 saturated carbocycles. The van der Waals surface area contributed by atoms with Crippen molar-refractivity contribution in [3.63, 3.8) is 0 Å². The van der Waals surface area contributed by atoms with Crippen molar-refractivity contribution < 1.29 is 22.7 Å². The number of anilines is 1. The maximum atomic E-state index is 12.8. The van der Waals surface area contributed by atoms with Crippen molar-refractivity contribution >= 4 is 27.4 Å². The van der Waals surface area contributed by atoms with Crippen LogP contribution in [0, 0.1) is 0 Å². The van der Waals surface area contributed by atoms with Crippen LogP contribution in [-0.4, -0.2) is 44.4 Å². The van der Waals surface area contributed by atoms with Gasteiger partial charge in [-0.15, -0.1) is 0 Å². The van der Waals surface area contributed by atoms with Crippen molar-refractivity contribution in [1.29, 1.82) is 0 Å². The Kier molecular flexibility index (Phi) is 6.14. The average Bonchev–Trinajstić information content (AvgIpc) is 3.06. The minimum Gasteiger partial charge on any atom is -0.452 e. The molecular formula is C21H23NO5S. The summed E-state index contributed by atoms with van der Waals surface area (Å²) in [4.78, 5) is 26.5. The van der Waals surface area contributed by atoms with Crippen molar-refractivity contribution in [2.45, 2.75) is 25.8 Å². The normalized spacial score (nSPS) is 17.8. The molecule has 1 amide bonds.